The molecule has 0 bridgehead atoms. The molecule has 0 fully saturated rings. The van der Waals surface area contributed by atoms with Gasteiger partial charge in [-0.1, -0.05) is 12.1 Å². The Balaban J connectivity index is 2.57. The molecule has 2 rings (SSSR count). The van der Waals surface area contributed by atoms with Gasteiger partial charge >= 0.3 is 0 Å². The predicted octanol–water partition coefficient (Wildman–Crippen LogP) is 1.88. The van der Waals surface area contributed by atoms with Crippen LogP contribution in [-0.4, -0.2) is 19.9 Å². The van der Waals surface area contributed by atoms with Crippen LogP contribution in [0.4, 0.5) is 5.69 Å². The lowest BCUT2D eigenvalue weighted by Crippen LogP contribution is -2.11. The van der Waals surface area contributed by atoms with E-state index >= 15 is 0 Å². The maximum atomic E-state index is 11.4. The smallest absolute Gasteiger partial charge is 0.163 e. The summed E-state index contributed by atoms with van der Waals surface area (Å²) >= 11 is 0. The molecular formula is C11H13NO. The van der Waals surface area contributed by atoms with E-state index in [4.69, 9.17) is 0 Å². The predicted molar refractivity (Wildman–Crippen MR) is 53.4 cm³/mol. The summed E-state index contributed by atoms with van der Waals surface area (Å²) in [7, 11) is 4.02. The molecule has 1 aliphatic carbocycles. The van der Waals surface area contributed by atoms with E-state index in [2.05, 4.69) is 11.0 Å². The highest BCUT2D eigenvalue weighted by atomic mass is 16.1. The third-order valence-corrected chi connectivity index (χ3v) is 2.54. The van der Waals surface area contributed by atoms with Crippen LogP contribution >= 0.6 is 0 Å². The lowest BCUT2D eigenvalue weighted by Gasteiger charge is -2.16. The molecule has 0 aliphatic heterocycles. The number of carbonyl (C=O) groups is 1. The second kappa shape index (κ2) is 2.87. The molecule has 0 saturated heterocycles. The fraction of sp³-hybridized carbons (Fsp3) is 0.364. The van der Waals surface area contributed by atoms with Gasteiger partial charge in [-0.2, -0.15) is 0 Å². The summed E-state index contributed by atoms with van der Waals surface area (Å²) in [4.78, 5) is 13.5. The first-order valence-corrected chi connectivity index (χ1v) is 4.52. The quantitative estimate of drug-likeness (QED) is 0.649. The Labute approximate surface area is 78.2 Å². The van der Waals surface area contributed by atoms with Gasteiger partial charge in [0.05, 0.1) is 0 Å². The number of hydrogen-bond acceptors (Lipinski definition) is 2. The Kier molecular flexibility index (Phi) is 1.83. The van der Waals surface area contributed by atoms with Gasteiger partial charge in [-0.3, -0.25) is 4.79 Å². The number of fused-ring (bicyclic) bond motifs is 1. The largest absolute Gasteiger partial charge is 0.377 e. The molecule has 0 saturated carbocycles. The molecule has 13 heavy (non-hydrogen) atoms. The molecule has 1 aromatic rings. The van der Waals surface area contributed by atoms with Gasteiger partial charge in [0.25, 0.3) is 0 Å². The topological polar surface area (TPSA) is 20.3 Å². The van der Waals surface area contributed by atoms with Gasteiger partial charge in [-0.05, 0) is 18.1 Å². The molecular weight excluding hydrogens is 162 g/mol. The highest BCUT2D eigenvalue weighted by Gasteiger charge is 2.21. The molecule has 1 aliphatic rings. The molecule has 0 unspecified atom stereocenters. The summed E-state index contributed by atoms with van der Waals surface area (Å²) in [5, 5.41) is 0. The van der Waals surface area contributed by atoms with Crippen LogP contribution in [0.2, 0.25) is 0 Å². The minimum atomic E-state index is 0.290. The molecule has 0 N–H and O–H groups in total. The summed E-state index contributed by atoms with van der Waals surface area (Å²) in [5.41, 5.74) is 3.33. The van der Waals surface area contributed by atoms with Crippen molar-refractivity contribution in [2.24, 2.45) is 0 Å². The fourth-order valence-corrected chi connectivity index (χ4v) is 1.89. The summed E-state index contributed by atoms with van der Waals surface area (Å²) in [5.74, 6) is 0.290. The van der Waals surface area contributed by atoms with Crippen LogP contribution < -0.4 is 4.90 Å². The van der Waals surface area contributed by atoms with Crippen LogP contribution in [0.5, 0.6) is 0 Å². The van der Waals surface area contributed by atoms with Gasteiger partial charge in [0.1, 0.15) is 0 Å². The Hall–Kier alpha value is -1.31. The minimum Gasteiger partial charge on any atom is -0.377 e. The maximum Gasteiger partial charge on any atom is 0.163 e. The number of hydrogen-bond donors (Lipinski definition) is 0. The average molecular weight is 175 g/mol. The SMILES string of the molecule is CN(C)c1cccc2c1CCC2=O. The number of anilines is 1. The molecule has 0 spiro atoms. The first kappa shape index (κ1) is 8.30. The van der Waals surface area contributed by atoms with E-state index in [1.165, 1.54) is 11.3 Å². The van der Waals surface area contributed by atoms with Gasteiger partial charge in [-0.15, -0.1) is 0 Å². The van der Waals surface area contributed by atoms with Crippen molar-refractivity contribution in [1.29, 1.82) is 0 Å². The third-order valence-electron chi connectivity index (χ3n) is 2.54. The molecule has 0 atom stereocenters. The molecule has 0 radical (unpaired) electrons. The van der Waals surface area contributed by atoms with E-state index in [0.29, 0.717) is 12.2 Å². The monoisotopic (exact) mass is 175 g/mol. The maximum absolute atomic E-state index is 11.4. The van der Waals surface area contributed by atoms with Crippen LogP contribution in [-0.2, 0) is 6.42 Å². The highest BCUT2D eigenvalue weighted by Crippen LogP contribution is 2.29. The first-order valence-electron chi connectivity index (χ1n) is 4.52. The summed E-state index contributed by atoms with van der Waals surface area (Å²) in [6, 6.07) is 5.95. The van der Waals surface area contributed by atoms with Crippen molar-refractivity contribution in [2.75, 3.05) is 19.0 Å². The van der Waals surface area contributed by atoms with Gasteiger partial charge in [0.15, 0.2) is 5.78 Å². The van der Waals surface area contributed by atoms with Crippen LogP contribution in [0, 0.1) is 0 Å². The zero-order valence-electron chi connectivity index (χ0n) is 8.00. The van der Waals surface area contributed by atoms with Gasteiger partial charge in [0.2, 0.25) is 0 Å². The molecule has 0 aromatic heterocycles. The number of Topliss-reactive ketones (excluding diaryl/α,β-unsaturated/α-hetero) is 1. The van der Waals surface area contributed by atoms with E-state index in [1.54, 1.807) is 0 Å². The van der Waals surface area contributed by atoms with Crippen LogP contribution in [0.3, 0.4) is 0 Å². The molecule has 2 heteroatoms. The average Bonchev–Trinajstić information content (AvgIpc) is 2.48. The number of benzene rings is 1. The van der Waals surface area contributed by atoms with Crippen molar-refractivity contribution in [3.8, 4) is 0 Å². The van der Waals surface area contributed by atoms with Gasteiger partial charge in [-0.25, -0.2) is 0 Å². The van der Waals surface area contributed by atoms with Gasteiger partial charge < -0.3 is 4.90 Å². The second-order valence-electron chi connectivity index (χ2n) is 3.62. The summed E-state index contributed by atoms with van der Waals surface area (Å²) in [6.07, 6.45) is 1.59. The number of rotatable bonds is 1. The minimum absolute atomic E-state index is 0.290. The Morgan fingerprint density at radius 3 is 2.69 bits per heavy atom. The molecule has 0 amide bonds. The zero-order chi connectivity index (χ0) is 9.42. The summed E-state index contributed by atoms with van der Waals surface area (Å²) < 4.78 is 0. The first-order chi connectivity index (χ1) is 6.20. The molecule has 1 aromatic carbocycles. The standard InChI is InChI=1S/C11H13NO/c1-12(2)10-5-3-4-9-8(10)6-7-11(9)13/h3-5H,6-7H2,1-2H3. The molecule has 68 valence electrons. The van der Waals surface area contributed by atoms with Crippen LogP contribution in [0.25, 0.3) is 0 Å². The fourth-order valence-electron chi connectivity index (χ4n) is 1.89. The van der Waals surface area contributed by atoms with E-state index in [-0.39, 0.29) is 0 Å². The van der Waals surface area contributed by atoms with Crippen molar-refractivity contribution in [2.45, 2.75) is 12.8 Å². The van der Waals surface area contributed by atoms with E-state index < -0.39 is 0 Å². The summed E-state index contributed by atoms with van der Waals surface area (Å²) in [6.45, 7) is 0. The number of ketones is 1. The van der Waals surface area contributed by atoms with Crippen molar-refractivity contribution in [3.05, 3.63) is 29.3 Å². The van der Waals surface area contributed by atoms with E-state index in [9.17, 15) is 4.79 Å². The van der Waals surface area contributed by atoms with Crippen LogP contribution in [0.15, 0.2) is 18.2 Å². The lowest BCUT2D eigenvalue weighted by molar-refractivity contribution is 0.0994. The van der Waals surface area contributed by atoms with Gasteiger partial charge in [0, 0.05) is 31.8 Å². The number of carbonyl (C=O) groups excluding carboxylic acids is 1. The lowest BCUT2D eigenvalue weighted by atomic mass is 10.1. The van der Waals surface area contributed by atoms with E-state index in [1.807, 2.05) is 26.2 Å². The molecule has 0 heterocycles. The Bertz CT molecular complexity index is 355. The van der Waals surface area contributed by atoms with Crippen molar-refractivity contribution in [1.82, 2.24) is 0 Å². The van der Waals surface area contributed by atoms with E-state index in [0.717, 1.165) is 12.0 Å². The third kappa shape index (κ3) is 1.22. The van der Waals surface area contributed by atoms with Crippen LogP contribution in [0.1, 0.15) is 22.3 Å². The zero-order valence-corrected chi connectivity index (χ0v) is 8.00. The Morgan fingerprint density at radius 2 is 2.00 bits per heavy atom. The number of nitrogens with zero attached hydrogens (tertiary/aromatic N) is 1. The van der Waals surface area contributed by atoms with Crippen molar-refractivity contribution >= 4 is 11.5 Å². The van der Waals surface area contributed by atoms with Crippen molar-refractivity contribution < 1.29 is 4.79 Å². The normalized spacial score (nSPS) is 14.5. The highest BCUT2D eigenvalue weighted by molar-refractivity contribution is 6.02. The van der Waals surface area contributed by atoms with Crippen molar-refractivity contribution in [3.63, 3.8) is 0 Å². The molecule has 2 nitrogen and oxygen atoms in total. The second-order valence-corrected chi connectivity index (χ2v) is 3.62. The Morgan fingerprint density at radius 1 is 1.23 bits per heavy atom.